The summed E-state index contributed by atoms with van der Waals surface area (Å²) in [6, 6.07) is 0. The second-order valence-electron chi connectivity index (χ2n) is 6.04. The van der Waals surface area contributed by atoms with E-state index < -0.39 is 42.0 Å². The summed E-state index contributed by atoms with van der Waals surface area (Å²) in [6.07, 6.45) is 3.52. The topological polar surface area (TPSA) is 55.4 Å². The van der Waals surface area contributed by atoms with Gasteiger partial charge in [-0.1, -0.05) is 25.7 Å². The van der Waals surface area contributed by atoms with Crippen molar-refractivity contribution >= 4 is 11.9 Å². The van der Waals surface area contributed by atoms with Crippen LogP contribution in [0.15, 0.2) is 0 Å². The van der Waals surface area contributed by atoms with Crippen molar-refractivity contribution in [1.29, 1.82) is 0 Å². The van der Waals surface area contributed by atoms with Gasteiger partial charge in [0.25, 0.3) is 0 Å². The van der Waals surface area contributed by atoms with E-state index in [0.29, 0.717) is 25.7 Å². The predicted molar refractivity (Wildman–Crippen MR) is 78.1 cm³/mol. The van der Waals surface area contributed by atoms with Gasteiger partial charge in [0, 0.05) is 0 Å². The number of hydrogen-bond donors (Lipinski definition) is 1. The summed E-state index contributed by atoms with van der Waals surface area (Å²) in [5.74, 6) is -0.444. The van der Waals surface area contributed by atoms with Gasteiger partial charge in [-0.05, 0) is 26.2 Å². The smallest absolute Gasteiger partial charge is 0.422 e. The number of halogens is 3. The lowest BCUT2D eigenvalue weighted by Gasteiger charge is -2.32. The van der Waals surface area contributed by atoms with Crippen molar-refractivity contribution in [3.8, 4) is 12.3 Å². The van der Waals surface area contributed by atoms with Crippen molar-refractivity contribution in [1.82, 2.24) is 5.32 Å². The molecule has 0 unspecified atom stereocenters. The number of rotatable bonds is 5. The van der Waals surface area contributed by atoms with Crippen molar-refractivity contribution in [2.45, 2.75) is 57.7 Å². The molecule has 4 nitrogen and oxygen atoms in total. The zero-order valence-electron chi connectivity index (χ0n) is 13.3. The van der Waals surface area contributed by atoms with Crippen LogP contribution < -0.4 is 5.32 Å². The molecule has 1 rings (SSSR count). The first kappa shape index (κ1) is 19.3. The van der Waals surface area contributed by atoms with Crippen LogP contribution in [0, 0.1) is 24.2 Å². The summed E-state index contributed by atoms with van der Waals surface area (Å²) in [5.41, 5.74) is -0.838. The number of alkyl halides is 3. The molecule has 0 radical (unpaired) electrons. The maximum Gasteiger partial charge on any atom is 0.422 e. The first-order chi connectivity index (χ1) is 10.6. The van der Waals surface area contributed by atoms with Gasteiger partial charge in [0.05, 0.1) is 17.4 Å². The molecule has 130 valence electrons. The van der Waals surface area contributed by atoms with Gasteiger partial charge in [0.1, 0.15) is 0 Å². The lowest BCUT2D eigenvalue weighted by molar-refractivity contribution is -0.191. The van der Waals surface area contributed by atoms with Gasteiger partial charge in [-0.15, -0.1) is 6.42 Å². The molecule has 23 heavy (non-hydrogen) atoms. The fraction of sp³-hybridized carbons (Fsp3) is 0.750. The van der Waals surface area contributed by atoms with Crippen molar-refractivity contribution in [2.75, 3.05) is 6.61 Å². The third-order valence-electron chi connectivity index (χ3n) is 4.21. The van der Waals surface area contributed by atoms with Crippen LogP contribution in [0.1, 0.15) is 46.0 Å². The highest BCUT2D eigenvalue weighted by Gasteiger charge is 2.40. The molecule has 1 aliphatic carbocycles. The highest BCUT2D eigenvalue weighted by Crippen LogP contribution is 2.32. The average Bonchev–Trinajstić information content (AvgIpc) is 2.51. The molecule has 7 heteroatoms. The lowest BCUT2D eigenvalue weighted by atomic mass is 9.78. The van der Waals surface area contributed by atoms with Gasteiger partial charge < -0.3 is 10.1 Å². The third kappa shape index (κ3) is 5.77. The van der Waals surface area contributed by atoms with Gasteiger partial charge >= 0.3 is 12.1 Å². The first-order valence-corrected chi connectivity index (χ1v) is 7.65. The minimum absolute atomic E-state index is 0.341. The fourth-order valence-electron chi connectivity index (χ4n) is 2.58. The van der Waals surface area contributed by atoms with Gasteiger partial charge in [0.2, 0.25) is 5.91 Å². The van der Waals surface area contributed by atoms with E-state index in [0.717, 1.165) is 6.42 Å². The number of hydrogen-bond acceptors (Lipinski definition) is 3. The zero-order valence-corrected chi connectivity index (χ0v) is 13.3. The lowest BCUT2D eigenvalue weighted by Crippen LogP contribution is -2.50. The number of carbonyl (C=O) groups is 2. The van der Waals surface area contributed by atoms with Crippen LogP contribution in [0.4, 0.5) is 13.2 Å². The van der Waals surface area contributed by atoms with E-state index in [2.05, 4.69) is 16.0 Å². The Hall–Kier alpha value is -1.71. The Morgan fingerprint density at radius 1 is 1.26 bits per heavy atom. The summed E-state index contributed by atoms with van der Waals surface area (Å²) in [5, 5.41) is 2.71. The van der Waals surface area contributed by atoms with Gasteiger partial charge in [-0.2, -0.15) is 13.2 Å². The molecule has 0 saturated heterocycles. The maximum atomic E-state index is 12.4. The van der Waals surface area contributed by atoms with Crippen molar-refractivity contribution < 1.29 is 27.5 Å². The molecule has 0 aromatic heterocycles. The second-order valence-corrected chi connectivity index (χ2v) is 6.04. The van der Waals surface area contributed by atoms with Crippen LogP contribution in [0.2, 0.25) is 0 Å². The van der Waals surface area contributed by atoms with Crippen LogP contribution in [-0.4, -0.2) is 30.2 Å². The van der Waals surface area contributed by atoms with Crippen LogP contribution >= 0.6 is 0 Å². The average molecular weight is 333 g/mol. The third-order valence-corrected chi connectivity index (χ3v) is 4.21. The van der Waals surface area contributed by atoms with E-state index in [9.17, 15) is 22.8 Å². The highest BCUT2D eigenvalue weighted by atomic mass is 19.4. The molecule has 3 atom stereocenters. The Morgan fingerprint density at radius 2 is 1.83 bits per heavy atom. The molecule has 0 aromatic rings. The minimum atomic E-state index is -4.58. The Labute approximate surface area is 134 Å². The highest BCUT2D eigenvalue weighted by molar-refractivity contribution is 5.86. The number of nitrogens with one attached hydrogen (secondary N) is 1. The van der Waals surface area contributed by atoms with E-state index >= 15 is 0 Å². The molecule has 0 aromatic carbocycles. The summed E-state index contributed by atoms with van der Waals surface area (Å²) in [4.78, 5) is 24.3. The Morgan fingerprint density at radius 3 is 2.30 bits per heavy atom. The number of esters is 1. The first-order valence-electron chi connectivity index (χ1n) is 7.65. The standard InChI is InChI=1S/C16H22F3NO3/c1-4-15(3,5-2)20-13(21)11-8-6-7-9-12(11)14(22)23-10-16(17,18)19/h1,11-12H,5-10H2,2-3H3,(H,20,21)/t11-,12-,15+/m0/s1. The fourth-order valence-corrected chi connectivity index (χ4v) is 2.58. The Bertz CT molecular complexity index is 484. The monoisotopic (exact) mass is 333 g/mol. The molecule has 1 aliphatic rings. The molecule has 0 aliphatic heterocycles. The summed E-state index contributed by atoms with van der Waals surface area (Å²) in [7, 11) is 0. The van der Waals surface area contributed by atoms with E-state index in [-0.39, 0.29) is 0 Å². The van der Waals surface area contributed by atoms with E-state index in [4.69, 9.17) is 6.42 Å². The molecule has 1 saturated carbocycles. The molecular formula is C16H22F3NO3. The predicted octanol–water partition coefficient (Wildman–Crippen LogP) is 2.82. The number of carbonyl (C=O) groups excluding carboxylic acids is 2. The van der Waals surface area contributed by atoms with Gasteiger partial charge in [-0.3, -0.25) is 9.59 Å². The number of ether oxygens (including phenoxy) is 1. The number of terminal acetylenes is 1. The molecule has 0 spiro atoms. The summed E-state index contributed by atoms with van der Waals surface area (Å²) in [6.45, 7) is 1.87. The summed E-state index contributed by atoms with van der Waals surface area (Å²) >= 11 is 0. The van der Waals surface area contributed by atoms with Crippen LogP contribution in [-0.2, 0) is 14.3 Å². The Kier molecular flexibility index (Phi) is 6.48. The van der Waals surface area contributed by atoms with Gasteiger partial charge in [-0.25, -0.2) is 0 Å². The quantitative estimate of drug-likeness (QED) is 0.622. The van der Waals surface area contributed by atoms with Crippen molar-refractivity contribution in [3.05, 3.63) is 0 Å². The van der Waals surface area contributed by atoms with Crippen LogP contribution in [0.25, 0.3) is 0 Å². The molecule has 1 N–H and O–H groups in total. The van der Waals surface area contributed by atoms with Gasteiger partial charge in [0.15, 0.2) is 6.61 Å². The largest absolute Gasteiger partial charge is 0.456 e. The second kappa shape index (κ2) is 7.71. The normalized spacial score (nSPS) is 24.2. The maximum absolute atomic E-state index is 12.4. The minimum Gasteiger partial charge on any atom is -0.456 e. The summed E-state index contributed by atoms with van der Waals surface area (Å²) < 4.78 is 40.8. The Balaban J connectivity index is 2.76. The van der Waals surface area contributed by atoms with E-state index in [1.54, 1.807) is 6.92 Å². The van der Waals surface area contributed by atoms with Crippen molar-refractivity contribution in [3.63, 3.8) is 0 Å². The number of amides is 1. The van der Waals surface area contributed by atoms with E-state index in [1.807, 2.05) is 6.92 Å². The van der Waals surface area contributed by atoms with Crippen LogP contribution in [0.5, 0.6) is 0 Å². The SMILES string of the molecule is C#C[C@](C)(CC)NC(=O)[C@H]1CCCC[C@@H]1C(=O)OCC(F)(F)F. The van der Waals surface area contributed by atoms with E-state index in [1.165, 1.54) is 0 Å². The zero-order chi connectivity index (χ0) is 17.7. The van der Waals surface area contributed by atoms with Crippen LogP contribution in [0.3, 0.4) is 0 Å². The molecule has 0 bridgehead atoms. The molecule has 1 amide bonds. The van der Waals surface area contributed by atoms with Crippen molar-refractivity contribution in [2.24, 2.45) is 11.8 Å². The molecular weight excluding hydrogens is 311 g/mol. The molecule has 1 fully saturated rings. The molecule has 0 heterocycles.